The zero-order valence-electron chi connectivity index (χ0n) is 9.87. The Morgan fingerprint density at radius 1 is 0.882 bits per heavy atom. The molecule has 0 heterocycles. The van der Waals surface area contributed by atoms with Crippen LogP contribution in [0, 0.1) is 0 Å². The van der Waals surface area contributed by atoms with Gasteiger partial charge >= 0.3 is 0 Å². The number of hydrogen-bond donors (Lipinski definition) is 1. The molecule has 0 saturated carbocycles. The van der Waals surface area contributed by atoms with Crippen LogP contribution in [0.15, 0.2) is 48.5 Å². The van der Waals surface area contributed by atoms with Gasteiger partial charge in [-0.2, -0.15) is 12.7 Å². The van der Waals surface area contributed by atoms with Crippen LogP contribution in [0.25, 0.3) is 10.8 Å². The molecule has 0 unspecified atom stereocenters. The summed E-state index contributed by atoms with van der Waals surface area (Å²) in [6.45, 7) is 0. The maximum atomic E-state index is 10.0. The van der Waals surface area contributed by atoms with Crippen molar-refractivity contribution in [3.05, 3.63) is 48.5 Å². The van der Waals surface area contributed by atoms with E-state index in [1.807, 2.05) is 0 Å². The molecule has 0 radical (unpaired) electrons. The fourth-order valence-corrected chi connectivity index (χ4v) is 1.13. The van der Waals surface area contributed by atoms with E-state index in [0.717, 1.165) is 4.31 Å². The van der Waals surface area contributed by atoms with Crippen LogP contribution in [0.4, 0.5) is 0 Å². The normalized spacial score (nSPS) is 11.1. The van der Waals surface area contributed by atoms with Crippen LogP contribution in [-0.4, -0.2) is 26.8 Å². The molecule has 0 atom stereocenters. The van der Waals surface area contributed by atoms with Crippen molar-refractivity contribution < 1.29 is 8.42 Å². The van der Waals surface area contributed by atoms with Gasteiger partial charge in [0.05, 0.1) is 0 Å². The van der Waals surface area contributed by atoms with Crippen molar-refractivity contribution in [1.29, 1.82) is 0 Å². The van der Waals surface area contributed by atoms with Gasteiger partial charge in [-0.25, -0.2) is 5.14 Å². The molecule has 92 valence electrons. The van der Waals surface area contributed by atoms with Crippen molar-refractivity contribution in [2.75, 3.05) is 14.1 Å². The molecule has 0 aromatic heterocycles. The average molecular weight is 252 g/mol. The van der Waals surface area contributed by atoms with Gasteiger partial charge in [-0.05, 0) is 10.8 Å². The van der Waals surface area contributed by atoms with E-state index in [1.54, 1.807) is 0 Å². The van der Waals surface area contributed by atoms with Crippen molar-refractivity contribution in [2.45, 2.75) is 0 Å². The maximum Gasteiger partial charge on any atom is 0.276 e. The Morgan fingerprint density at radius 3 is 1.29 bits per heavy atom. The van der Waals surface area contributed by atoms with Gasteiger partial charge in [-0.15, -0.1) is 0 Å². The van der Waals surface area contributed by atoms with Gasteiger partial charge in [0.1, 0.15) is 0 Å². The Bertz CT molecular complexity index is 514. The molecule has 2 rings (SSSR count). The van der Waals surface area contributed by atoms with Crippen molar-refractivity contribution in [2.24, 2.45) is 5.14 Å². The summed E-state index contributed by atoms with van der Waals surface area (Å²) in [5.74, 6) is 0. The molecular formula is C12H16N2O2S. The van der Waals surface area contributed by atoms with Crippen molar-refractivity contribution in [3.8, 4) is 0 Å². The van der Waals surface area contributed by atoms with E-state index in [0.29, 0.717) is 0 Å². The molecule has 0 aliphatic rings. The highest BCUT2D eigenvalue weighted by Crippen LogP contribution is 2.11. The first kappa shape index (κ1) is 13.6. The van der Waals surface area contributed by atoms with E-state index < -0.39 is 10.2 Å². The molecule has 0 aliphatic carbocycles. The lowest BCUT2D eigenvalue weighted by Crippen LogP contribution is -2.29. The quantitative estimate of drug-likeness (QED) is 0.837. The monoisotopic (exact) mass is 252 g/mol. The number of fused-ring (bicyclic) bond motifs is 1. The zero-order chi connectivity index (χ0) is 12.9. The van der Waals surface area contributed by atoms with E-state index in [4.69, 9.17) is 0 Å². The van der Waals surface area contributed by atoms with Gasteiger partial charge in [-0.3, -0.25) is 0 Å². The van der Waals surface area contributed by atoms with Gasteiger partial charge in [0, 0.05) is 14.1 Å². The number of benzene rings is 2. The number of nitrogens with two attached hydrogens (primary N) is 1. The molecule has 2 aromatic carbocycles. The van der Waals surface area contributed by atoms with E-state index >= 15 is 0 Å². The lowest BCUT2D eigenvalue weighted by molar-refractivity contribution is 0.522. The summed E-state index contributed by atoms with van der Waals surface area (Å²) in [6, 6.07) is 16.7. The van der Waals surface area contributed by atoms with Crippen LogP contribution in [0.2, 0.25) is 0 Å². The van der Waals surface area contributed by atoms with Crippen LogP contribution in [0.1, 0.15) is 0 Å². The Balaban J connectivity index is 0.000000185. The molecule has 5 heteroatoms. The number of hydrogen-bond acceptors (Lipinski definition) is 2. The van der Waals surface area contributed by atoms with Crippen molar-refractivity contribution in [1.82, 2.24) is 4.31 Å². The largest absolute Gasteiger partial charge is 0.276 e. The summed E-state index contributed by atoms with van der Waals surface area (Å²) in [6.07, 6.45) is 0. The van der Waals surface area contributed by atoms with Gasteiger partial charge in [0.25, 0.3) is 10.2 Å². The highest BCUT2D eigenvalue weighted by atomic mass is 32.2. The minimum absolute atomic E-state index is 0.938. The molecule has 0 aliphatic heterocycles. The molecule has 17 heavy (non-hydrogen) atoms. The molecular weight excluding hydrogens is 236 g/mol. The first-order chi connectivity index (χ1) is 7.91. The third kappa shape index (κ3) is 4.52. The van der Waals surface area contributed by atoms with Crippen molar-refractivity contribution in [3.63, 3.8) is 0 Å². The summed E-state index contributed by atoms with van der Waals surface area (Å²) in [5, 5.41) is 7.20. The number of rotatable bonds is 1. The van der Waals surface area contributed by atoms with Crippen LogP contribution >= 0.6 is 0 Å². The highest BCUT2D eigenvalue weighted by Gasteiger charge is 2.01. The summed E-state index contributed by atoms with van der Waals surface area (Å²) in [7, 11) is -0.667. The van der Waals surface area contributed by atoms with E-state index in [2.05, 4.69) is 53.7 Å². The van der Waals surface area contributed by atoms with Crippen LogP contribution in [0.5, 0.6) is 0 Å². The van der Waals surface area contributed by atoms with Gasteiger partial charge in [0.15, 0.2) is 0 Å². The molecule has 0 amide bonds. The lowest BCUT2D eigenvalue weighted by atomic mass is 10.1. The first-order valence-corrected chi connectivity index (χ1v) is 6.55. The standard InChI is InChI=1S/C10H8.C2H8N2O2S/c1-2-6-10-8-4-3-7-9(10)5-1;1-4(2)7(3,5)6/h1-8H;1-2H3,(H2,3,5,6). The molecule has 0 bridgehead atoms. The Labute approximate surface area is 102 Å². The SMILES string of the molecule is CN(C)S(N)(=O)=O.c1ccc2ccccc2c1. The topological polar surface area (TPSA) is 63.4 Å². The van der Waals surface area contributed by atoms with E-state index in [-0.39, 0.29) is 0 Å². The minimum atomic E-state index is -3.41. The Morgan fingerprint density at radius 2 is 1.12 bits per heavy atom. The van der Waals surface area contributed by atoms with Crippen LogP contribution in [-0.2, 0) is 10.2 Å². The summed E-state index contributed by atoms with van der Waals surface area (Å²) in [5.41, 5.74) is 0. The summed E-state index contributed by atoms with van der Waals surface area (Å²) in [4.78, 5) is 0. The minimum Gasteiger partial charge on any atom is -0.216 e. The third-order valence-corrected chi connectivity index (χ3v) is 3.19. The molecule has 2 aromatic rings. The van der Waals surface area contributed by atoms with E-state index in [1.165, 1.54) is 24.9 Å². The summed E-state index contributed by atoms with van der Waals surface area (Å²) >= 11 is 0. The van der Waals surface area contributed by atoms with Crippen LogP contribution < -0.4 is 5.14 Å². The third-order valence-electron chi connectivity index (χ3n) is 2.17. The predicted octanol–water partition coefficient (Wildman–Crippen LogP) is 1.59. The lowest BCUT2D eigenvalue weighted by Gasteiger charge is -2.02. The second-order valence-corrected chi connectivity index (χ2v) is 5.43. The Kier molecular flexibility index (Phi) is 4.62. The van der Waals surface area contributed by atoms with E-state index in [9.17, 15) is 8.42 Å². The fraction of sp³-hybridized carbons (Fsp3) is 0.167. The highest BCUT2D eigenvalue weighted by molar-refractivity contribution is 7.86. The molecule has 0 spiro atoms. The maximum absolute atomic E-state index is 10.0. The van der Waals surface area contributed by atoms with Gasteiger partial charge in [-0.1, -0.05) is 48.5 Å². The summed E-state index contributed by atoms with van der Waals surface area (Å²) < 4.78 is 21.0. The average Bonchev–Trinajstić information content (AvgIpc) is 2.29. The molecule has 0 saturated heterocycles. The smallest absolute Gasteiger partial charge is 0.216 e. The zero-order valence-corrected chi connectivity index (χ0v) is 10.7. The molecule has 0 fully saturated rings. The molecule has 4 nitrogen and oxygen atoms in total. The first-order valence-electron chi connectivity index (χ1n) is 5.05. The van der Waals surface area contributed by atoms with Gasteiger partial charge < -0.3 is 0 Å². The predicted molar refractivity (Wildman–Crippen MR) is 70.7 cm³/mol. The van der Waals surface area contributed by atoms with Gasteiger partial charge in [0.2, 0.25) is 0 Å². The second kappa shape index (κ2) is 5.77. The second-order valence-electron chi connectivity index (χ2n) is 3.67. The molecule has 2 N–H and O–H groups in total. The van der Waals surface area contributed by atoms with Crippen LogP contribution in [0.3, 0.4) is 0 Å². The van der Waals surface area contributed by atoms with Crippen molar-refractivity contribution >= 4 is 21.0 Å². The fourth-order valence-electron chi connectivity index (χ4n) is 1.13. The number of nitrogens with zero attached hydrogens (tertiary/aromatic N) is 1. The Hall–Kier alpha value is -1.43.